The first-order chi connectivity index (χ1) is 16.9. The van der Waals surface area contributed by atoms with E-state index < -0.39 is 0 Å². The third-order valence-electron chi connectivity index (χ3n) is 7.06. The van der Waals surface area contributed by atoms with E-state index in [1.807, 2.05) is 29.6 Å². The molecule has 1 saturated carbocycles. The maximum absolute atomic E-state index is 13.0. The van der Waals surface area contributed by atoms with Crippen molar-refractivity contribution in [2.24, 2.45) is 11.8 Å². The summed E-state index contributed by atoms with van der Waals surface area (Å²) in [6.07, 6.45) is 5.48. The topological polar surface area (TPSA) is 54.0 Å². The van der Waals surface area contributed by atoms with Crippen molar-refractivity contribution in [1.82, 2.24) is 10.3 Å². The highest BCUT2D eigenvalue weighted by Gasteiger charge is 2.27. The molecule has 1 aromatic heterocycles. The molecule has 1 heterocycles. The highest BCUT2D eigenvalue weighted by molar-refractivity contribution is 7.80. The number of anilines is 1. The zero-order valence-electron chi connectivity index (χ0n) is 20.8. The van der Waals surface area contributed by atoms with E-state index in [0.29, 0.717) is 23.4 Å². The van der Waals surface area contributed by atoms with Crippen molar-refractivity contribution < 1.29 is 4.79 Å². The number of thiocarbonyl (C=S) groups is 1. The van der Waals surface area contributed by atoms with E-state index >= 15 is 0 Å². The molecule has 0 aliphatic heterocycles. The minimum Gasteiger partial charge on any atom is -0.379 e. The molecule has 0 radical (unpaired) electrons. The van der Waals surface area contributed by atoms with Crippen LogP contribution in [0.15, 0.2) is 53.9 Å². The van der Waals surface area contributed by atoms with Gasteiger partial charge in [0.15, 0.2) is 0 Å². The van der Waals surface area contributed by atoms with E-state index in [1.165, 1.54) is 12.0 Å². The molecule has 2 N–H and O–H groups in total. The number of rotatable bonds is 8. The van der Waals surface area contributed by atoms with E-state index in [2.05, 4.69) is 55.7 Å². The average Bonchev–Trinajstić information content (AvgIpc) is 3.39. The van der Waals surface area contributed by atoms with E-state index in [4.69, 9.17) is 17.2 Å². The van der Waals surface area contributed by atoms with Crippen molar-refractivity contribution >= 4 is 40.1 Å². The van der Waals surface area contributed by atoms with Crippen LogP contribution in [0, 0.1) is 18.8 Å². The lowest BCUT2D eigenvalue weighted by atomic mass is 9.82. The molecule has 3 aromatic rings. The van der Waals surface area contributed by atoms with Crippen molar-refractivity contribution in [1.29, 1.82) is 0 Å². The van der Waals surface area contributed by atoms with Gasteiger partial charge in [-0.2, -0.15) is 0 Å². The van der Waals surface area contributed by atoms with Crippen LogP contribution in [-0.2, 0) is 0 Å². The summed E-state index contributed by atoms with van der Waals surface area (Å²) >= 11 is 7.27. The maximum Gasteiger partial charge on any atom is 0.275 e. The molecule has 6 heteroatoms. The van der Waals surface area contributed by atoms with Crippen LogP contribution in [0.2, 0.25) is 0 Å². The predicted octanol–water partition coefficient (Wildman–Crippen LogP) is 7.61. The summed E-state index contributed by atoms with van der Waals surface area (Å²) in [5, 5.41) is 9.53. The Hall–Kier alpha value is -2.57. The Labute approximate surface area is 218 Å². The fourth-order valence-corrected chi connectivity index (χ4v) is 5.80. The van der Waals surface area contributed by atoms with Gasteiger partial charge in [-0.15, -0.1) is 11.3 Å². The number of benzene rings is 2. The van der Waals surface area contributed by atoms with Gasteiger partial charge >= 0.3 is 0 Å². The highest BCUT2D eigenvalue weighted by Crippen LogP contribution is 2.37. The van der Waals surface area contributed by atoms with Gasteiger partial charge in [-0.25, -0.2) is 4.98 Å². The first-order valence-corrected chi connectivity index (χ1v) is 13.9. The molecule has 1 aliphatic rings. The van der Waals surface area contributed by atoms with E-state index in [0.717, 1.165) is 59.0 Å². The molecule has 1 atom stereocenters. The Morgan fingerprint density at radius 2 is 1.83 bits per heavy atom. The molecule has 184 valence electrons. The Kier molecular flexibility index (Phi) is 8.69. The number of aromatic nitrogens is 1. The lowest BCUT2D eigenvalue weighted by Gasteiger charge is -2.28. The number of aryl methyl sites for hydroxylation is 1. The van der Waals surface area contributed by atoms with Crippen molar-refractivity contribution in [2.75, 3.05) is 11.9 Å². The van der Waals surface area contributed by atoms with Gasteiger partial charge in [-0.05, 0) is 50.2 Å². The number of carbonyl (C=O) groups is 1. The highest BCUT2D eigenvalue weighted by atomic mass is 32.1. The number of para-hydroxylation sites is 1. The second-order valence-electron chi connectivity index (χ2n) is 9.74. The smallest absolute Gasteiger partial charge is 0.275 e. The molecule has 4 nitrogen and oxygen atoms in total. The minimum atomic E-state index is -0.156. The molecule has 0 saturated heterocycles. The minimum absolute atomic E-state index is 0.156. The number of hydrogen-bond acceptors (Lipinski definition) is 4. The summed E-state index contributed by atoms with van der Waals surface area (Å²) < 4.78 is 0. The Balaban J connectivity index is 1.36. The van der Waals surface area contributed by atoms with Crippen LogP contribution in [0.1, 0.15) is 72.9 Å². The fraction of sp³-hybridized carbons (Fsp3) is 0.414. The Bertz CT molecular complexity index is 1150. The number of nitrogens with one attached hydrogen (secondary N) is 2. The van der Waals surface area contributed by atoms with Gasteiger partial charge in [0, 0.05) is 35.0 Å². The lowest BCUT2D eigenvalue weighted by molar-refractivity contribution is 0.102. The second-order valence-corrected chi connectivity index (χ2v) is 11.1. The first-order valence-electron chi connectivity index (χ1n) is 12.6. The number of amides is 1. The molecule has 4 rings (SSSR count). The van der Waals surface area contributed by atoms with Gasteiger partial charge in [-0.1, -0.05) is 80.5 Å². The molecular weight excluding hydrogens is 470 g/mol. The fourth-order valence-electron chi connectivity index (χ4n) is 4.51. The second kappa shape index (κ2) is 11.9. The first kappa shape index (κ1) is 25.5. The quantitative estimate of drug-likeness (QED) is 0.309. The molecule has 1 fully saturated rings. The summed E-state index contributed by atoms with van der Waals surface area (Å²) in [4.78, 5) is 18.8. The predicted molar refractivity (Wildman–Crippen MR) is 151 cm³/mol. The molecule has 1 unspecified atom stereocenters. The number of hydrogen-bond donors (Lipinski definition) is 2. The molecule has 0 bridgehead atoms. The molecule has 1 amide bonds. The summed E-state index contributed by atoms with van der Waals surface area (Å²) in [5.41, 5.74) is 4.60. The van der Waals surface area contributed by atoms with E-state index in [-0.39, 0.29) is 5.91 Å². The van der Waals surface area contributed by atoms with Crippen LogP contribution in [0.5, 0.6) is 0 Å². The van der Waals surface area contributed by atoms with Crippen LogP contribution in [0.3, 0.4) is 0 Å². The standard InChI is InChI=1S/C29H35N3OS2/c1-4-19(2)17-30-28(34)22-13-15-23(16-14-22)29-32-26(18-35-29)27(33)31-25-8-6-5-7-24(25)21-11-9-20(3)10-12-21/h5-12,18-19,22-23H,4,13-17H2,1-3H3,(H,30,34)(H,31,33). The normalized spacial score (nSPS) is 18.6. The lowest BCUT2D eigenvalue weighted by Crippen LogP contribution is -2.34. The molecule has 2 aromatic carbocycles. The van der Waals surface area contributed by atoms with Crippen LogP contribution >= 0.6 is 23.6 Å². The van der Waals surface area contributed by atoms with Crippen LogP contribution in [0.4, 0.5) is 5.69 Å². The monoisotopic (exact) mass is 505 g/mol. The largest absolute Gasteiger partial charge is 0.379 e. The number of carbonyl (C=O) groups excluding carboxylic acids is 1. The van der Waals surface area contributed by atoms with Gasteiger partial charge in [0.25, 0.3) is 5.91 Å². The van der Waals surface area contributed by atoms with Crippen molar-refractivity contribution in [3.63, 3.8) is 0 Å². The number of nitrogens with zero attached hydrogens (tertiary/aromatic N) is 1. The zero-order valence-corrected chi connectivity index (χ0v) is 22.5. The SMILES string of the molecule is CCC(C)CNC(=S)C1CCC(c2nc(C(=O)Nc3ccccc3-c3ccc(C)cc3)cs2)CC1. The van der Waals surface area contributed by atoms with E-state index in [1.54, 1.807) is 11.3 Å². The van der Waals surface area contributed by atoms with Crippen molar-refractivity contribution in [3.05, 3.63) is 70.2 Å². The molecular formula is C29H35N3OS2. The average molecular weight is 506 g/mol. The van der Waals surface area contributed by atoms with Crippen LogP contribution in [-0.4, -0.2) is 22.4 Å². The molecule has 35 heavy (non-hydrogen) atoms. The van der Waals surface area contributed by atoms with Crippen LogP contribution in [0.25, 0.3) is 11.1 Å². The summed E-state index contributed by atoms with van der Waals surface area (Å²) in [7, 11) is 0. The Morgan fingerprint density at radius 3 is 2.54 bits per heavy atom. The third-order valence-corrected chi connectivity index (χ3v) is 8.55. The van der Waals surface area contributed by atoms with Crippen molar-refractivity contribution in [3.8, 4) is 11.1 Å². The summed E-state index contributed by atoms with van der Waals surface area (Å²) in [6.45, 7) is 7.51. The Morgan fingerprint density at radius 1 is 1.11 bits per heavy atom. The number of thiazole rings is 1. The van der Waals surface area contributed by atoms with E-state index in [9.17, 15) is 4.79 Å². The molecule has 0 spiro atoms. The van der Waals surface area contributed by atoms with Crippen molar-refractivity contribution in [2.45, 2.75) is 58.8 Å². The van der Waals surface area contributed by atoms with Gasteiger partial charge in [-0.3, -0.25) is 4.79 Å². The van der Waals surface area contributed by atoms with Gasteiger partial charge in [0.05, 0.1) is 10.00 Å². The maximum atomic E-state index is 13.0. The molecule has 1 aliphatic carbocycles. The zero-order chi connectivity index (χ0) is 24.8. The summed E-state index contributed by atoms with van der Waals surface area (Å²) in [6, 6.07) is 16.3. The van der Waals surface area contributed by atoms with Gasteiger partial charge in [0.1, 0.15) is 5.69 Å². The van der Waals surface area contributed by atoms with Gasteiger partial charge in [0.2, 0.25) is 0 Å². The van der Waals surface area contributed by atoms with Gasteiger partial charge < -0.3 is 10.6 Å². The third kappa shape index (κ3) is 6.56. The summed E-state index contributed by atoms with van der Waals surface area (Å²) in [5.74, 6) is 1.37. The van der Waals surface area contributed by atoms with Crippen LogP contribution < -0.4 is 10.6 Å².